The average molecular weight is 348 g/mol. The Morgan fingerprint density at radius 3 is 2.56 bits per heavy atom. The van der Waals surface area contributed by atoms with Crippen LogP contribution in [0.4, 0.5) is 0 Å². The van der Waals surface area contributed by atoms with E-state index in [2.05, 4.69) is 6.92 Å². The van der Waals surface area contributed by atoms with Crippen LogP contribution in [0.2, 0.25) is 0 Å². The van der Waals surface area contributed by atoms with Crippen LogP contribution in [0.3, 0.4) is 0 Å². The molecule has 0 saturated heterocycles. The van der Waals surface area contributed by atoms with Crippen molar-refractivity contribution in [3.05, 3.63) is 0 Å². The molecule has 0 N–H and O–H groups in total. The van der Waals surface area contributed by atoms with Gasteiger partial charge >= 0.3 is 5.97 Å². The lowest BCUT2D eigenvalue weighted by molar-refractivity contribution is -0.164. The van der Waals surface area contributed by atoms with Gasteiger partial charge in [0.1, 0.15) is 18.2 Å². The Hall–Kier alpha value is -1.19. The van der Waals surface area contributed by atoms with Crippen molar-refractivity contribution < 1.29 is 19.1 Å². The summed E-state index contributed by atoms with van der Waals surface area (Å²) in [6.07, 6.45) is 7.71. The lowest BCUT2D eigenvalue weighted by Gasteiger charge is -2.58. The third kappa shape index (κ3) is 2.96. The van der Waals surface area contributed by atoms with Gasteiger partial charge in [-0.15, -0.1) is 0 Å². The molecular formula is C21H32O4. The van der Waals surface area contributed by atoms with E-state index in [1.807, 2.05) is 13.8 Å². The number of carbonyl (C=O) groups excluding carboxylic acids is 3. The van der Waals surface area contributed by atoms with Crippen molar-refractivity contribution in [2.75, 3.05) is 0 Å². The largest absolute Gasteiger partial charge is 0.463 e. The van der Waals surface area contributed by atoms with Gasteiger partial charge in [-0.1, -0.05) is 20.8 Å². The highest BCUT2D eigenvalue weighted by molar-refractivity contribution is 5.90. The van der Waals surface area contributed by atoms with Gasteiger partial charge in [0.25, 0.3) is 0 Å². The Bertz CT molecular complexity index is 570. The van der Waals surface area contributed by atoms with E-state index >= 15 is 0 Å². The van der Waals surface area contributed by atoms with Crippen molar-refractivity contribution in [2.24, 2.45) is 34.5 Å². The molecule has 0 amide bonds. The smallest absolute Gasteiger partial charge is 0.302 e. The molecule has 3 fully saturated rings. The number of fused-ring (bicyclic) bond motifs is 3. The number of aldehydes is 1. The van der Waals surface area contributed by atoms with E-state index in [0.29, 0.717) is 17.6 Å². The van der Waals surface area contributed by atoms with Gasteiger partial charge in [-0.2, -0.15) is 0 Å². The fraction of sp³-hybridized carbons (Fsp3) is 0.857. The Kier molecular flexibility index (Phi) is 4.85. The second kappa shape index (κ2) is 6.51. The van der Waals surface area contributed by atoms with Crippen LogP contribution in [-0.2, 0) is 19.1 Å². The Labute approximate surface area is 151 Å². The lowest BCUT2D eigenvalue weighted by atomic mass is 9.46. The monoisotopic (exact) mass is 348 g/mol. The van der Waals surface area contributed by atoms with Crippen LogP contribution in [0, 0.1) is 34.5 Å². The highest BCUT2D eigenvalue weighted by Crippen LogP contribution is 2.61. The summed E-state index contributed by atoms with van der Waals surface area (Å²) in [5.41, 5.74) is -0.317. The molecule has 4 nitrogen and oxygen atoms in total. The van der Waals surface area contributed by atoms with Crippen LogP contribution in [-0.4, -0.2) is 24.1 Å². The fourth-order valence-corrected chi connectivity index (χ4v) is 6.15. The number of rotatable bonds is 3. The quantitative estimate of drug-likeness (QED) is 0.572. The average Bonchev–Trinajstić information content (AvgIpc) is 2.57. The van der Waals surface area contributed by atoms with Gasteiger partial charge in [0.15, 0.2) is 0 Å². The van der Waals surface area contributed by atoms with Crippen LogP contribution in [0.1, 0.15) is 72.6 Å². The van der Waals surface area contributed by atoms with E-state index in [9.17, 15) is 14.4 Å². The molecule has 4 heteroatoms. The predicted molar refractivity (Wildman–Crippen MR) is 94.8 cm³/mol. The molecule has 0 radical (unpaired) electrons. The molecule has 0 aliphatic heterocycles. The minimum absolute atomic E-state index is 0.0479. The second-order valence-electron chi connectivity index (χ2n) is 9.24. The minimum Gasteiger partial charge on any atom is -0.463 e. The number of ether oxygens (including phenoxy) is 1. The number of ketones is 1. The molecule has 0 heterocycles. The number of carbonyl (C=O) groups is 3. The van der Waals surface area contributed by atoms with Crippen molar-refractivity contribution in [3.63, 3.8) is 0 Å². The van der Waals surface area contributed by atoms with Crippen LogP contribution in [0.25, 0.3) is 0 Å². The SMILES string of the molecule is CC(=O)O[C@H]1CC[C@]2(C)C3CC[C@](C)([C@@H](C)C=O)C(=O)C3CC[C@@H]2C1. The van der Waals surface area contributed by atoms with Crippen LogP contribution in [0.5, 0.6) is 0 Å². The molecular weight excluding hydrogens is 316 g/mol. The van der Waals surface area contributed by atoms with E-state index in [0.717, 1.165) is 51.2 Å². The molecule has 0 aromatic rings. The Morgan fingerprint density at radius 2 is 1.92 bits per heavy atom. The van der Waals surface area contributed by atoms with E-state index < -0.39 is 5.41 Å². The predicted octanol–water partition coefficient (Wildman–Crippen LogP) is 3.95. The lowest BCUT2D eigenvalue weighted by Crippen LogP contribution is -2.56. The summed E-state index contributed by atoms with van der Waals surface area (Å²) in [6, 6.07) is 0. The molecule has 0 aromatic carbocycles. The highest BCUT2D eigenvalue weighted by atomic mass is 16.5. The maximum Gasteiger partial charge on any atom is 0.302 e. The summed E-state index contributed by atoms with van der Waals surface area (Å²) in [4.78, 5) is 35.9. The normalized spacial score (nSPS) is 45.0. The first-order chi connectivity index (χ1) is 11.7. The van der Waals surface area contributed by atoms with Gasteiger partial charge in [0, 0.05) is 24.2 Å². The third-order valence-electron chi connectivity index (χ3n) is 8.06. The van der Waals surface area contributed by atoms with Gasteiger partial charge in [-0.25, -0.2) is 0 Å². The van der Waals surface area contributed by atoms with E-state index in [4.69, 9.17) is 4.74 Å². The molecule has 140 valence electrons. The maximum absolute atomic E-state index is 13.3. The summed E-state index contributed by atoms with van der Waals surface area (Å²) in [5.74, 6) is 0.995. The standard InChI is InChI=1S/C21H32O4/c1-13(12-22)20(3)10-8-18-17(19(20)24)6-5-15-11-16(25-14(2)23)7-9-21(15,18)4/h12-13,15-18H,5-11H2,1-4H3/t13-,15+,16-,17?,18?,20+,21-/m0/s1. The van der Waals surface area contributed by atoms with Crippen LogP contribution in [0.15, 0.2) is 0 Å². The summed E-state index contributed by atoms with van der Waals surface area (Å²) >= 11 is 0. The van der Waals surface area contributed by atoms with E-state index in [1.165, 1.54) is 6.92 Å². The summed E-state index contributed by atoms with van der Waals surface area (Å²) in [7, 11) is 0. The van der Waals surface area contributed by atoms with Crippen LogP contribution >= 0.6 is 0 Å². The van der Waals surface area contributed by atoms with Gasteiger partial charge in [-0.05, 0) is 62.2 Å². The van der Waals surface area contributed by atoms with Crippen molar-refractivity contribution >= 4 is 18.0 Å². The topological polar surface area (TPSA) is 60.4 Å². The fourth-order valence-electron chi connectivity index (χ4n) is 6.15. The molecule has 3 saturated carbocycles. The zero-order valence-corrected chi connectivity index (χ0v) is 16.0. The van der Waals surface area contributed by atoms with Crippen molar-refractivity contribution in [3.8, 4) is 0 Å². The molecule has 0 bridgehead atoms. The number of hydrogen-bond acceptors (Lipinski definition) is 4. The summed E-state index contributed by atoms with van der Waals surface area (Å²) in [6.45, 7) is 7.73. The molecule has 3 aliphatic carbocycles. The minimum atomic E-state index is -0.485. The Balaban J connectivity index is 1.78. The zero-order chi connectivity index (χ0) is 18.4. The molecule has 3 aliphatic rings. The van der Waals surface area contributed by atoms with E-state index in [1.54, 1.807) is 0 Å². The van der Waals surface area contributed by atoms with Gasteiger partial charge in [-0.3, -0.25) is 9.59 Å². The molecule has 7 atom stereocenters. The summed E-state index contributed by atoms with van der Waals surface area (Å²) in [5, 5.41) is 0. The summed E-state index contributed by atoms with van der Waals surface area (Å²) < 4.78 is 5.48. The van der Waals surface area contributed by atoms with Crippen molar-refractivity contribution in [1.29, 1.82) is 0 Å². The van der Waals surface area contributed by atoms with Crippen molar-refractivity contribution in [1.82, 2.24) is 0 Å². The van der Waals surface area contributed by atoms with Crippen molar-refractivity contribution in [2.45, 2.75) is 78.7 Å². The second-order valence-corrected chi connectivity index (χ2v) is 9.24. The van der Waals surface area contributed by atoms with Crippen LogP contribution < -0.4 is 0 Å². The first kappa shape index (κ1) is 18.6. The molecule has 0 aromatic heterocycles. The first-order valence-corrected chi connectivity index (χ1v) is 9.89. The first-order valence-electron chi connectivity index (χ1n) is 9.89. The number of Topliss-reactive ketones (excluding diaryl/α,β-unsaturated/α-hetero) is 1. The highest BCUT2D eigenvalue weighted by Gasteiger charge is 2.58. The molecule has 25 heavy (non-hydrogen) atoms. The number of hydrogen-bond donors (Lipinski definition) is 0. The molecule has 2 unspecified atom stereocenters. The maximum atomic E-state index is 13.3. The van der Waals surface area contributed by atoms with E-state index in [-0.39, 0.29) is 29.3 Å². The number of esters is 1. The molecule has 0 spiro atoms. The van der Waals surface area contributed by atoms with Gasteiger partial charge < -0.3 is 9.53 Å². The third-order valence-corrected chi connectivity index (χ3v) is 8.06. The van der Waals surface area contributed by atoms with Gasteiger partial charge in [0.2, 0.25) is 0 Å². The zero-order valence-electron chi connectivity index (χ0n) is 16.0. The Morgan fingerprint density at radius 1 is 1.20 bits per heavy atom. The van der Waals surface area contributed by atoms with Gasteiger partial charge in [0.05, 0.1) is 0 Å². The molecule has 3 rings (SSSR count).